The van der Waals surface area contributed by atoms with Gasteiger partial charge in [0.05, 0.1) is 5.75 Å². The topological polar surface area (TPSA) is 66.5 Å². The Morgan fingerprint density at radius 2 is 2.06 bits per heavy atom. The zero-order valence-corrected chi connectivity index (χ0v) is 11.7. The van der Waals surface area contributed by atoms with Crippen molar-refractivity contribution in [2.45, 2.75) is 45.1 Å². The van der Waals surface area contributed by atoms with E-state index in [1.165, 1.54) is 17.1 Å². The van der Waals surface area contributed by atoms with Crippen LogP contribution in [-0.2, 0) is 14.8 Å². The zero-order valence-electron chi connectivity index (χ0n) is 10.9. The van der Waals surface area contributed by atoms with Crippen molar-refractivity contribution in [3.63, 3.8) is 0 Å². The van der Waals surface area contributed by atoms with Crippen LogP contribution in [0.15, 0.2) is 0 Å². The van der Waals surface area contributed by atoms with E-state index in [0.717, 1.165) is 6.42 Å². The number of nitrogens with one attached hydrogen (secondary N) is 1. The molecule has 0 aromatic rings. The summed E-state index contributed by atoms with van der Waals surface area (Å²) in [6, 6.07) is -0.472. The lowest BCUT2D eigenvalue weighted by molar-refractivity contribution is -0.124. The molecule has 0 aromatic carbocycles. The van der Waals surface area contributed by atoms with E-state index in [9.17, 15) is 13.2 Å². The van der Waals surface area contributed by atoms with Crippen LogP contribution in [0.25, 0.3) is 0 Å². The predicted octanol–water partition coefficient (Wildman–Crippen LogP) is 0.717. The summed E-state index contributed by atoms with van der Waals surface area (Å²) < 4.78 is 25.5. The Hall–Kier alpha value is -0.620. The van der Waals surface area contributed by atoms with E-state index in [4.69, 9.17) is 0 Å². The van der Waals surface area contributed by atoms with Crippen LogP contribution in [0.4, 0.5) is 0 Å². The molecular formula is C12H22N2O3S. The van der Waals surface area contributed by atoms with Gasteiger partial charge in [0.25, 0.3) is 0 Å². The van der Waals surface area contributed by atoms with Crippen molar-refractivity contribution < 1.29 is 13.2 Å². The molecule has 1 atom stereocenters. The molecular weight excluding hydrogens is 252 g/mol. The number of nitrogens with zero attached hydrogens (tertiary/aromatic N) is 1. The molecule has 1 aliphatic heterocycles. The van der Waals surface area contributed by atoms with Crippen molar-refractivity contribution >= 4 is 15.9 Å². The molecule has 2 fully saturated rings. The van der Waals surface area contributed by atoms with Crippen LogP contribution in [-0.4, -0.2) is 43.5 Å². The van der Waals surface area contributed by atoms with E-state index >= 15 is 0 Å². The summed E-state index contributed by atoms with van der Waals surface area (Å²) in [4.78, 5) is 12.0. The number of amides is 1. The maximum Gasteiger partial charge on any atom is 0.238 e. The summed E-state index contributed by atoms with van der Waals surface area (Å²) in [5.74, 6) is 0.648. The molecule has 5 nitrogen and oxygen atoms in total. The van der Waals surface area contributed by atoms with Gasteiger partial charge in [0.15, 0.2) is 0 Å². The second kappa shape index (κ2) is 5.57. The smallest absolute Gasteiger partial charge is 0.238 e. The van der Waals surface area contributed by atoms with Crippen LogP contribution in [0, 0.1) is 5.92 Å². The molecule has 2 aliphatic rings. The van der Waals surface area contributed by atoms with E-state index in [-0.39, 0.29) is 11.7 Å². The van der Waals surface area contributed by atoms with Crippen molar-refractivity contribution in [3.05, 3.63) is 0 Å². The maximum atomic E-state index is 12.0. The number of carbonyl (C=O) groups is 1. The zero-order chi connectivity index (χ0) is 13.2. The van der Waals surface area contributed by atoms with Gasteiger partial charge in [0, 0.05) is 13.1 Å². The predicted molar refractivity (Wildman–Crippen MR) is 69.5 cm³/mol. The molecule has 18 heavy (non-hydrogen) atoms. The first-order valence-electron chi connectivity index (χ1n) is 6.82. The number of hydrogen-bond donors (Lipinski definition) is 1. The molecule has 0 radical (unpaired) electrons. The largest absolute Gasteiger partial charge is 0.354 e. The Kier molecular flexibility index (Phi) is 4.27. The highest BCUT2D eigenvalue weighted by Gasteiger charge is 2.38. The van der Waals surface area contributed by atoms with Crippen molar-refractivity contribution in [2.24, 2.45) is 5.92 Å². The molecule has 6 heteroatoms. The molecule has 1 amide bonds. The highest BCUT2D eigenvalue weighted by molar-refractivity contribution is 7.89. The molecule has 2 rings (SSSR count). The van der Waals surface area contributed by atoms with Gasteiger partial charge in [-0.1, -0.05) is 6.92 Å². The van der Waals surface area contributed by atoms with E-state index in [2.05, 4.69) is 5.32 Å². The van der Waals surface area contributed by atoms with Gasteiger partial charge in [0.2, 0.25) is 15.9 Å². The number of rotatable bonds is 6. The number of sulfonamides is 1. The monoisotopic (exact) mass is 274 g/mol. The van der Waals surface area contributed by atoms with Crippen molar-refractivity contribution in [3.8, 4) is 0 Å². The van der Waals surface area contributed by atoms with Crippen molar-refractivity contribution in [1.29, 1.82) is 0 Å². The maximum absolute atomic E-state index is 12.0. The Bertz CT molecular complexity index is 404. The van der Waals surface area contributed by atoms with Gasteiger partial charge in [0.1, 0.15) is 6.04 Å². The minimum Gasteiger partial charge on any atom is -0.354 e. The number of carbonyl (C=O) groups excluding carboxylic acids is 1. The highest BCUT2D eigenvalue weighted by atomic mass is 32.2. The van der Waals surface area contributed by atoms with Crippen LogP contribution in [0.3, 0.4) is 0 Å². The van der Waals surface area contributed by atoms with Crippen LogP contribution in [0.1, 0.15) is 39.0 Å². The van der Waals surface area contributed by atoms with Gasteiger partial charge < -0.3 is 5.32 Å². The highest BCUT2D eigenvalue weighted by Crippen LogP contribution is 2.28. The quantitative estimate of drug-likeness (QED) is 0.776. The molecule has 0 spiro atoms. The summed E-state index contributed by atoms with van der Waals surface area (Å²) in [5, 5.41) is 2.89. The Morgan fingerprint density at radius 3 is 2.67 bits per heavy atom. The SMILES string of the molecule is CCCS(=O)(=O)N1CCC[C@@H]1C(=O)NCC1CC1. The second-order valence-corrected chi connectivity index (χ2v) is 7.31. The lowest BCUT2D eigenvalue weighted by Gasteiger charge is -2.23. The summed E-state index contributed by atoms with van der Waals surface area (Å²) in [7, 11) is -3.25. The fraction of sp³-hybridized carbons (Fsp3) is 0.917. The molecule has 0 unspecified atom stereocenters. The first kappa shape index (κ1) is 13.8. The molecule has 1 heterocycles. The van der Waals surface area contributed by atoms with Gasteiger partial charge >= 0.3 is 0 Å². The Balaban J connectivity index is 1.95. The summed E-state index contributed by atoms with van der Waals surface area (Å²) in [6.45, 7) is 3.04. The fourth-order valence-electron chi connectivity index (χ4n) is 2.40. The van der Waals surface area contributed by atoms with E-state index in [1.54, 1.807) is 0 Å². The van der Waals surface area contributed by atoms with E-state index < -0.39 is 16.1 Å². The van der Waals surface area contributed by atoms with Crippen molar-refractivity contribution in [1.82, 2.24) is 9.62 Å². The van der Waals surface area contributed by atoms with E-state index in [1.807, 2.05) is 6.92 Å². The Labute approximate surface area is 109 Å². The third-order valence-corrected chi connectivity index (χ3v) is 5.66. The third kappa shape index (κ3) is 3.23. The lowest BCUT2D eigenvalue weighted by Crippen LogP contribution is -2.46. The minimum absolute atomic E-state index is 0.112. The van der Waals surface area contributed by atoms with Gasteiger partial charge in [-0.25, -0.2) is 8.42 Å². The van der Waals surface area contributed by atoms with Crippen molar-refractivity contribution in [2.75, 3.05) is 18.8 Å². The molecule has 1 aliphatic carbocycles. The number of hydrogen-bond acceptors (Lipinski definition) is 3. The second-order valence-electron chi connectivity index (χ2n) is 5.27. The third-order valence-electron chi connectivity index (χ3n) is 3.59. The first-order chi connectivity index (χ1) is 8.54. The Morgan fingerprint density at radius 1 is 1.33 bits per heavy atom. The summed E-state index contributed by atoms with van der Waals surface area (Å²) in [6.07, 6.45) is 4.39. The fourth-order valence-corrected chi connectivity index (χ4v) is 4.14. The van der Waals surface area contributed by atoms with Gasteiger partial charge in [-0.3, -0.25) is 4.79 Å². The summed E-state index contributed by atoms with van der Waals surface area (Å²) >= 11 is 0. The van der Waals surface area contributed by atoms with Gasteiger partial charge in [-0.2, -0.15) is 4.31 Å². The first-order valence-corrected chi connectivity index (χ1v) is 8.42. The average molecular weight is 274 g/mol. The average Bonchev–Trinajstić information content (AvgIpc) is 2.99. The van der Waals surface area contributed by atoms with Gasteiger partial charge in [-0.15, -0.1) is 0 Å². The minimum atomic E-state index is -3.25. The van der Waals surface area contributed by atoms with Crippen LogP contribution in [0.5, 0.6) is 0 Å². The molecule has 104 valence electrons. The van der Waals surface area contributed by atoms with Crippen LogP contribution >= 0.6 is 0 Å². The molecule has 1 saturated carbocycles. The molecule has 0 aromatic heterocycles. The molecule has 1 saturated heterocycles. The van der Waals surface area contributed by atoms with Gasteiger partial charge in [-0.05, 0) is 38.0 Å². The normalized spacial score (nSPS) is 25.3. The van der Waals surface area contributed by atoms with E-state index in [0.29, 0.717) is 31.8 Å². The van der Waals surface area contributed by atoms with Crippen LogP contribution in [0.2, 0.25) is 0 Å². The van der Waals surface area contributed by atoms with Crippen LogP contribution < -0.4 is 5.32 Å². The standard InChI is InChI=1S/C12H22N2O3S/c1-2-8-18(16,17)14-7-3-4-11(14)12(15)13-9-10-5-6-10/h10-11H,2-9H2,1H3,(H,13,15)/t11-/m1/s1. The molecule has 0 bridgehead atoms. The lowest BCUT2D eigenvalue weighted by atomic mass is 10.2. The summed E-state index contributed by atoms with van der Waals surface area (Å²) in [5.41, 5.74) is 0. The molecule has 1 N–H and O–H groups in total.